The topological polar surface area (TPSA) is 0 Å². The van der Waals surface area contributed by atoms with Gasteiger partial charge in [0.15, 0.2) is 0 Å². The van der Waals surface area contributed by atoms with Crippen molar-refractivity contribution in [2.24, 2.45) is 0 Å². The standard InChI is InChI=1S/2Cd.H2S.Se/h;;1H2;/p-1. The van der Waals surface area contributed by atoms with Crippen molar-refractivity contribution in [1.29, 1.82) is 0 Å². The molecule has 0 bridgehead atoms. The molecule has 0 N–H and O–H groups in total. The predicted molar refractivity (Wildman–Crippen MR) is 14.5 cm³/mol. The van der Waals surface area contributed by atoms with Crippen LogP contribution in [0.5, 0.6) is 0 Å². The molecule has 0 nitrogen and oxygen atoms in total. The molecule has 0 saturated carbocycles. The molecule has 0 aliphatic carbocycles. The van der Waals surface area contributed by atoms with Gasteiger partial charge in [0.2, 0.25) is 0 Å². The molecule has 0 aromatic carbocycles. The molecule has 0 saturated heterocycles. The minimum Gasteiger partial charge on any atom is -0.813 e. The molecular formula is HCd2SSe-. The van der Waals surface area contributed by atoms with Crippen molar-refractivity contribution in [3.05, 3.63) is 0 Å². The van der Waals surface area contributed by atoms with Gasteiger partial charge in [0.1, 0.15) is 0 Å². The Morgan fingerprint density at radius 3 is 0.750 bits per heavy atom. The van der Waals surface area contributed by atoms with Crippen molar-refractivity contribution in [3.63, 3.8) is 0 Å². The zero-order chi connectivity index (χ0) is 0. The predicted octanol–water partition coefficient (Wildman–Crippen LogP) is -0.656. The van der Waals surface area contributed by atoms with Gasteiger partial charge in [0, 0.05) is 71.7 Å². The van der Waals surface area contributed by atoms with Crippen LogP contribution in [0.3, 0.4) is 0 Å². The Kier molecular flexibility index (Phi) is 128. The van der Waals surface area contributed by atoms with Gasteiger partial charge >= 0.3 is 0 Å². The molecule has 0 atom stereocenters. The maximum absolute atomic E-state index is 0. The first kappa shape index (κ1) is 29.8. The molecule has 18 valence electrons. The van der Waals surface area contributed by atoms with Crippen LogP contribution in [-0.2, 0) is 68.1 Å². The van der Waals surface area contributed by atoms with Gasteiger partial charge < -0.3 is 13.5 Å². The zero-order valence-corrected chi connectivity index (χ0v) is 12.9. The maximum atomic E-state index is 0. The van der Waals surface area contributed by atoms with Gasteiger partial charge in [-0.25, -0.2) is 0 Å². The number of thiol groups is 1. The van der Waals surface area contributed by atoms with Crippen LogP contribution in [0.4, 0.5) is 0 Å². The van der Waals surface area contributed by atoms with Crippen LogP contribution >= 0.6 is 0 Å². The Bertz CT molecular complexity index is 6.00. The average Bonchev–Trinajstić information content (AvgIpc) is 0. The monoisotopic (exact) mass is 341 g/mol. The van der Waals surface area contributed by atoms with Crippen LogP contribution in [0.2, 0.25) is 0 Å². The van der Waals surface area contributed by atoms with E-state index in [-0.39, 0.29) is 85.2 Å². The van der Waals surface area contributed by atoms with Gasteiger partial charge in [-0.3, -0.25) is 0 Å². The summed E-state index contributed by atoms with van der Waals surface area (Å²) in [6, 6.07) is 0. The van der Waals surface area contributed by atoms with E-state index < -0.39 is 0 Å². The molecule has 0 heterocycles. The fourth-order valence-electron chi connectivity index (χ4n) is 0. The van der Waals surface area contributed by atoms with E-state index in [4.69, 9.17) is 0 Å². The molecule has 2 radical (unpaired) electrons. The van der Waals surface area contributed by atoms with E-state index >= 15 is 0 Å². The molecule has 0 unspecified atom stereocenters. The maximum Gasteiger partial charge on any atom is 0 e. The number of hydrogen-bond donors (Lipinski definition) is 0. The molecule has 0 aliphatic heterocycles. The summed E-state index contributed by atoms with van der Waals surface area (Å²) < 4.78 is 0. The Labute approximate surface area is 83.7 Å². The fraction of sp³-hybridized carbons (Fsp3) is 0. The zero-order valence-electron chi connectivity index (χ0n) is 2.27. The second kappa shape index (κ2) is 17.2. The van der Waals surface area contributed by atoms with Crippen molar-refractivity contribution in [1.82, 2.24) is 0 Å². The van der Waals surface area contributed by atoms with Gasteiger partial charge in [-0.15, -0.1) is 0 Å². The third-order valence-electron chi connectivity index (χ3n) is 0. The SMILES string of the molecule is [Cd].[Cd].[SH-].[Se]. The van der Waals surface area contributed by atoms with Crippen molar-refractivity contribution in [2.45, 2.75) is 0 Å². The smallest absolute Gasteiger partial charge is 0 e. The van der Waals surface area contributed by atoms with Gasteiger partial charge in [-0.1, -0.05) is 0 Å². The Morgan fingerprint density at radius 1 is 0.750 bits per heavy atom. The normalized spacial score (nSPS) is 0. The van der Waals surface area contributed by atoms with Crippen LogP contribution in [0.15, 0.2) is 0 Å². The molecule has 0 fully saturated rings. The Morgan fingerprint density at radius 2 is 0.750 bits per heavy atom. The fourth-order valence-corrected chi connectivity index (χ4v) is 0. The molecule has 0 aromatic rings. The quantitative estimate of drug-likeness (QED) is 0.322. The Balaban J connectivity index is 0. The number of rotatable bonds is 0. The van der Waals surface area contributed by atoms with Crippen molar-refractivity contribution in [3.8, 4) is 0 Å². The van der Waals surface area contributed by atoms with Gasteiger partial charge in [-0.05, 0) is 0 Å². The first-order valence-corrected chi connectivity index (χ1v) is 0. The molecule has 0 rings (SSSR count). The molecule has 4 heavy (non-hydrogen) atoms. The molecule has 0 aliphatic rings. The van der Waals surface area contributed by atoms with Crippen LogP contribution < -0.4 is 0 Å². The van der Waals surface area contributed by atoms with Crippen LogP contribution in [-0.4, -0.2) is 17.1 Å². The summed E-state index contributed by atoms with van der Waals surface area (Å²) in [6.45, 7) is 0. The third-order valence-corrected chi connectivity index (χ3v) is 0. The molecule has 4 heteroatoms. The minimum absolute atomic E-state index is 0. The minimum atomic E-state index is 0. The summed E-state index contributed by atoms with van der Waals surface area (Å²) in [5.74, 6) is 0. The van der Waals surface area contributed by atoms with Crippen molar-refractivity contribution in [2.75, 3.05) is 0 Å². The van der Waals surface area contributed by atoms with Gasteiger partial charge in [-0.2, -0.15) is 0 Å². The first-order chi connectivity index (χ1) is 0. The van der Waals surface area contributed by atoms with E-state index in [1.807, 2.05) is 0 Å². The van der Waals surface area contributed by atoms with Crippen LogP contribution in [0.25, 0.3) is 0 Å². The largest absolute Gasteiger partial charge is 0.813 e. The first-order valence-electron chi connectivity index (χ1n) is 0. The summed E-state index contributed by atoms with van der Waals surface area (Å²) in [5, 5.41) is 0. The van der Waals surface area contributed by atoms with E-state index in [0.29, 0.717) is 0 Å². The van der Waals surface area contributed by atoms with Gasteiger partial charge in [0.25, 0.3) is 0 Å². The van der Waals surface area contributed by atoms with E-state index in [2.05, 4.69) is 0 Å². The number of hydrogen-bond acceptors (Lipinski definition) is 1. The molecule has 0 aromatic heterocycles. The van der Waals surface area contributed by atoms with Crippen molar-refractivity contribution < 1.29 is 54.6 Å². The van der Waals surface area contributed by atoms with E-state index in [1.54, 1.807) is 0 Å². The second-order valence-corrected chi connectivity index (χ2v) is 0. The second-order valence-electron chi connectivity index (χ2n) is 0. The van der Waals surface area contributed by atoms with Crippen molar-refractivity contribution >= 4 is 30.6 Å². The average molecular weight is 337 g/mol. The third kappa shape index (κ3) is 8.83. The summed E-state index contributed by atoms with van der Waals surface area (Å²) >= 11 is 0. The summed E-state index contributed by atoms with van der Waals surface area (Å²) in [6.07, 6.45) is 0. The van der Waals surface area contributed by atoms with E-state index in [9.17, 15) is 0 Å². The van der Waals surface area contributed by atoms with E-state index in [0.717, 1.165) is 0 Å². The van der Waals surface area contributed by atoms with Gasteiger partial charge in [0.05, 0.1) is 0 Å². The molecule has 0 spiro atoms. The van der Waals surface area contributed by atoms with Crippen LogP contribution in [0, 0.1) is 0 Å². The summed E-state index contributed by atoms with van der Waals surface area (Å²) in [5.41, 5.74) is 0. The molecule has 0 amide bonds. The van der Waals surface area contributed by atoms with Crippen LogP contribution in [0.1, 0.15) is 0 Å². The van der Waals surface area contributed by atoms with E-state index in [1.165, 1.54) is 0 Å². The summed E-state index contributed by atoms with van der Waals surface area (Å²) in [4.78, 5) is 0. The summed E-state index contributed by atoms with van der Waals surface area (Å²) in [7, 11) is 0. The molecular weight excluding hydrogens is 336 g/mol. The Hall–Kier alpha value is 2.71.